The van der Waals surface area contributed by atoms with Gasteiger partial charge >= 0.3 is 0 Å². The van der Waals surface area contributed by atoms with E-state index in [1.54, 1.807) is 19.1 Å². The lowest BCUT2D eigenvalue weighted by Gasteiger charge is -2.04. The van der Waals surface area contributed by atoms with Crippen molar-refractivity contribution in [3.63, 3.8) is 0 Å². The maximum Gasteiger partial charge on any atom is 0.250 e. The molecule has 1 aromatic heterocycles. The molecule has 0 aromatic carbocycles. The molecule has 0 fully saturated rings. The van der Waals surface area contributed by atoms with Crippen LogP contribution >= 0.6 is 23.7 Å². The Morgan fingerprint density at radius 1 is 1.04 bits per heavy atom. The average Bonchev–Trinajstić information content (AvgIpc) is 2.93. The van der Waals surface area contributed by atoms with Gasteiger partial charge in [0.15, 0.2) is 0 Å². The van der Waals surface area contributed by atoms with Crippen molar-refractivity contribution in [2.45, 2.75) is 24.0 Å². The number of halogens is 1. The van der Waals surface area contributed by atoms with Crippen LogP contribution in [0.2, 0.25) is 0 Å². The Labute approximate surface area is 148 Å². The summed E-state index contributed by atoms with van der Waals surface area (Å²) < 4.78 is 52.0. The molecule has 3 N–H and O–H groups in total. The van der Waals surface area contributed by atoms with Crippen molar-refractivity contribution in [3.8, 4) is 0 Å². The minimum atomic E-state index is -3.48. The molecular formula is C12H24ClN3O4S3. The highest BCUT2D eigenvalue weighted by atomic mass is 35.5. The molecule has 0 atom stereocenters. The molecule has 0 radical (unpaired) electrons. The predicted molar refractivity (Wildman–Crippen MR) is 96.5 cm³/mol. The van der Waals surface area contributed by atoms with Crippen molar-refractivity contribution in [2.24, 2.45) is 0 Å². The summed E-state index contributed by atoms with van der Waals surface area (Å²) in [5.74, 6) is 0.0353. The minimum absolute atomic E-state index is 0. The quantitative estimate of drug-likeness (QED) is 0.466. The molecule has 7 nitrogen and oxygen atoms in total. The molecule has 0 amide bonds. The van der Waals surface area contributed by atoms with E-state index in [0.717, 1.165) is 22.8 Å². The molecule has 0 aliphatic carbocycles. The Balaban J connectivity index is 0.00000484. The van der Waals surface area contributed by atoms with E-state index in [1.165, 1.54) is 0 Å². The molecule has 0 aliphatic heterocycles. The molecule has 11 heteroatoms. The van der Waals surface area contributed by atoms with Crippen LogP contribution in [0.15, 0.2) is 16.3 Å². The lowest BCUT2D eigenvalue weighted by Crippen LogP contribution is -2.27. The largest absolute Gasteiger partial charge is 0.320 e. The van der Waals surface area contributed by atoms with Crippen molar-refractivity contribution in [2.75, 3.05) is 32.4 Å². The highest BCUT2D eigenvalue weighted by molar-refractivity contribution is 7.91. The van der Waals surface area contributed by atoms with Gasteiger partial charge in [0.2, 0.25) is 20.0 Å². The first-order valence-corrected chi connectivity index (χ1v) is 11.0. The lowest BCUT2D eigenvalue weighted by atomic mass is 10.3. The van der Waals surface area contributed by atoms with Gasteiger partial charge in [0, 0.05) is 18.0 Å². The highest BCUT2D eigenvalue weighted by Gasteiger charge is 2.16. The smallest absolute Gasteiger partial charge is 0.250 e. The van der Waals surface area contributed by atoms with Crippen LogP contribution in [0.4, 0.5) is 0 Å². The molecule has 1 rings (SSSR count). The summed E-state index contributed by atoms with van der Waals surface area (Å²) in [5, 5.41) is 2.95. The van der Waals surface area contributed by atoms with Crippen LogP contribution in [0.25, 0.3) is 0 Å². The maximum absolute atomic E-state index is 12.1. The highest BCUT2D eigenvalue weighted by Crippen LogP contribution is 2.21. The normalized spacial score (nSPS) is 12.1. The van der Waals surface area contributed by atoms with E-state index in [-0.39, 0.29) is 28.9 Å². The molecule has 136 valence electrons. The van der Waals surface area contributed by atoms with E-state index in [1.807, 2.05) is 7.05 Å². The summed E-state index contributed by atoms with van der Waals surface area (Å²) in [7, 11) is -4.87. The molecule has 1 aromatic rings. The van der Waals surface area contributed by atoms with Crippen LogP contribution < -0.4 is 14.8 Å². The third kappa shape index (κ3) is 8.43. The molecule has 23 heavy (non-hydrogen) atoms. The van der Waals surface area contributed by atoms with Gasteiger partial charge < -0.3 is 5.32 Å². The Morgan fingerprint density at radius 2 is 1.74 bits per heavy atom. The van der Waals surface area contributed by atoms with Gasteiger partial charge in [0.05, 0.1) is 5.75 Å². The molecule has 0 bridgehead atoms. The van der Waals surface area contributed by atoms with E-state index in [0.29, 0.717) is 19.4 Å². The first-order valence-electron chi connectivity index (χ1n) is 7.01. The first-order chi connectivity index (χ1) is 10.3. The summed E-state index contributed by atoms with van der Waals surface area (Å²) in [6.07, 6.45) is 1.19. The topological polar surface area (TPSA) is 104 Å². The lowest BCUT2D eigenvalue weighted by molar-refractivity contribution is 0.578. The molecule has 0 saturated heterocycles. The van der Waals surface area contributed by atoms with Gasteiger partial charge in [-0.25, -0.2) is 26.3 Å². The number of hydrogen-bond acceptors (Lipinski definition) is 6. The summed E-state index contributed by atoms with van der Waals surface area (Å²) in [6, 6.07) is 3.27. The zero-order chi connectivity index (χ0) is 16.6. The Hall–Kier alpha value is -0.230. The van der Waals surface area contributed by atoms with Crippen LogP contribution in [-0.2, 0) is 26.5 Å². The van der Waals surface area contributed by atoms with Crippen molar-refractivity contribution in [3.05, 3.63) is 17.0 Å². The van der Waals surface area contributed by atoms with E-state index in [2.05, 4.69) is 14.8 Å². The van der Waals surface area contributed by atoms with Crippen LogP contribution in [0.3, 0.4) is 0 Å². The second kappa shape index (κ2) is 10.6. The standard InChI is InChI=1S/C12H23N3O4S3.ClH/c1-3-21(16,17)14-10-7-11-5-6-12(20-11)22(18,19)15-9-4-8-13-2;/h5-6,13-15H,3-4,7-10H2,1-2H3;1H. The van der Waals surface area contributed by atoms with Crippen LogP contribution in [0, 0.1) is 0 Å². The van der Waals surface area contributed by atoms with E-state index >= 15 is 0 Å². The van der Waals surface area contributed by atoms with Crippen molar-refractivity contribution >= 4 is 43.8 Å². The van der Waals surface area contributed by atoms with Gasteiger partial charge in [0.25, 0.3) is 0 Å². The molecule has 1 heterocycles. The van der Waals surface area contributed by atoms with Gasteiger partial charge in [-0.15, -0.1) is 23.7 Å². The summed E-state index contributed by atoms with van der Waals surface area (Å²) >= 11 is 1.16. The van der Waals surface area contributed by atoms with E-state index in [9.17, 15) is 16.8 Å². The number of sulfonamides is 2. The van der Waals surface area contributed by atoms with Crippen molar-refractivity contribution in [1.29, 1.82) is 0 Å². The number of rotatable bonds is 11. The number of thiophene rings is 1. The van der Waals surface area contributed by atoms with Crippen molar-refractivity contribution in [1.82, 2.24) is 14.8 Å². The zero-order valence-corrected chi connectivity index (χ0v) is 16.4. The average molecular weight is 406 g/mol. The van der Waals surface area contributed by atoms with Gasteiger partial charge in [-0.05, 0) is 45.5 Å². The molecule has 0 spiro atoms. The fourth-order valence-electron chi connectivity index (χ4n) is 1.61. The molecule has 0 aliphatic rings. The van der Waals surface area contributed by atoms with Gasteiger partial charge in [-0.1, -0.05) is 0 Å². The fourth-order valence-corrected chi connectivity index (χ4v) is 4.70. The number of nitrogens with one attached hydrogen (secondary N) is 3. The third-order valence-corrected chi connectivity index (χ3v) is 7.37. The zero-order valence-electron chi connectivity index (χ0n) is 13.2. The predicted octanol–water partition coefficient (Wildman–Crippen LogP) is 0.540. The SMILES string of the molecule is CCS(=O)(=O)NCCc1ccc(S(=O)(=O)NCCCNC)s1.Cl. The monoisotopic (exact) mass is 405 g/mol. The summed E-state index contributed by atoms with van der Waals surface area (Å²) in [4.78, 5) is 0.828. The second-order valence-corrected chi connectivity index (χ2v) is 9.88. The summed E-state index contributed by atoms with van der Waals surface area (Å²) in [5.41, 5.74) is 0. The molecule has 0 unspecified atom stereocenters. The molecule has 0 saturated carbocycles. The Bertz CT molecular complexity index is 659. The minimum Gasteiger partial charge on any atom is -0.320 e. The van der Waals surface area contributed by atoms with Crippen LogP contribution in [0.5, 0.6) is 0 Å². The van der Waals surface area contributed by atoms with Gasteiger partial charge in [-0.2, -0.15) is 0 Å². The maximum atomic E-state index is 12.1. The van der Waals surface area contributed by atoms with Crippen LogP contribution in [0.1, 0.15) is 18.2 Å². The van der Waals surface area contributed by atoms with Gasteiger partial charge in [-0.3, -0.25) is 0 Å². The first kappa shape index (κ1) is 22.8. The van der Waals surface area contributed by atoms with Crippen molar-refractivity contribution < 1.29 is 16.8 Å². The van der Waals surface area contributed by atoms with Gasteiger partial charge in [0.1, 0.15) is 4.21 Å². The Morgan fingerprint density at radius 3 is 2.35 bits per heavy atom. The number of hydrogen-bond donors (Lipinski definition) is 3. The molecular weight excluding hydrogens is 382 g/mol. The summed E-state index contributed by atoms with van der Waals surface area (Å²) in [6.45, 7) is 2.96. The Kier molecular flexibility index (Phi) is 10.5. The third-order valence-electron chi connectivity index (χ3n) is 2.87. The second-order valence-electron chi connectivity index (χ2n) is 4.62. The van der Waals surface area contributed by atoms with Crippen LogP contribution in [-0.4, -0.2) is 49.3 Å². The van der Waals surface area contributed by atoms with E-state index in [4.69, 9.17) is 0 Å². The van der Waals surface area contributed by atoms with E-state index < -0.39 is 20.0 Å². The fraction of sp³-hybridized carbons (Fsp3) is 0.667.